The Morgan fingerprint density at radius 3 is 2.69 bits per heavy atom. The Labute approximate surface area is 213 Å². The normalized spacial score (nSPS) is 20.2. The second-order valence-corrected chi connectivity index (χ2v) is 10.2. The van der Waals surface area contributed by atoms with Crippen LogP contribution >= 0.6 is 23.3 Å². The van der Waals surface area contributed by atoms with Gasteiger partial charge in [0, 0.05) is 17.3 Å². The molecular weight excluding hydrogens is 514 g/mol. The van der Waals surface area contributed by atoms with Crippen LogP contribution in [-0.2, 0) is 24.0 Å². The van der Waals surface area contributed by atoms with Gasteiger partial charge in [-0.25, -0.2) is 5.84 Å². The number of carboxylic acid groups (broad SMARTS) is 1. The molecule has 0 saturated carbocycles. The van der Waals surface area contributed by atoms with Crippen LogP contribution in [0.1, 0.15) is 5.82 Å². The number of fused-ring (bicyclic) bond motifs is 1. The number of carboxylic acids is 1. The van der Waals surface area contributed by atoms with Gasteiger partial charge in [-0.05, 0) is 11.6 Å². The number of rotatable bonds is 10. The van der Waals surface area contributed by atoms with E-state index in [9.17, 15) is 24.3 Å². The minimum absolute atomic E-state index is 0.0650. The molecule has 1 aromatic heterocycles. The Morgan fingerprint density at radius 1 is 1.39 bits per heavy atom. The lowest BCUT2D eigenvalue weighted by atomic mass is 10.0. The number of oxime groups is 1. The predicted octanol–water partition coefficient (Wildman–Crippen LogP) is -3.50. The molecule has 2 aliphatic rings. The van der Waals surface area contributed by atoms with Crippen molar-refractivity contribution < 1.29 is 33.6 Å². The quantitative estimate of drug-likeness (QED) is 0.0571. The first-order chi connectivity index (χ1) is 17.0. The van der Waals surface area contributed by atoms with Crippen molar-refractivity contribution in [2.45, 2.75) is 11.4 Å². The first-order valence-corrected chi connectivity index (χ1v) is 12.2. The average molecular weight is 540 g/mol. The number of hydrogen-bond acceptors (Lipinski definition) is 13. The van der Waals surface area contributed by atoms with Crippen molar-refractivity contribution >= 4 is 57.8 Å². The number of nitrogens with zero attached hydrogens (tertiary/aromatic N) is 5. The number of aromatic nitrogens is 2. The molecule has 3 heterocycles. The van der Waals surface area contributed by atoms with E-state index in [1.54, 1.807) is 12.2 Å². The number of β-lactam (4-membered cyclic amide) rings is 1. The Kier molecular flexibility index (Phi) is 8.28. The molecule has 0 bridgehead atoms. The summed E-state index contributed by atoms with van der Waals surface area (Å²) in [7, 11) is 4.85. The third-order valence-corrected chi connectivity index (χ3v) is 7.02. The van der Waals surface area contributed by atoms with Crippen LogP contribution in [0, 0.1) is 0 Å². The number of nitrogens with two attached hydrogens (primary N) is 2. The summed E-state index contributed by atoms with van der Waals surface area (Å²) in [6.45, 7) is 0.516. The van der Waals surface area contributed by atoms with Crippen LogP contribution in [-0.4, -0.2) is 99.6 Å². The van der Waals surface area contributed by atoms with E-state index < -0.39 is 29.2 Å². The minimum Gasteiger partial charge on any atom is -0.543 e. The number of amides is 3. The van der Waals surface area contributed by atoms with E-state index >= 15 is 0 Å². The Hall–Kier alpha value is -3.54. The molecule has 17 heteroatoms. The van der Waals surface area contributed by atoms with Crippen LogP contribution in [0.2, 0.25) is 0 Å². The van der Waals surface area contributed by atoms with Gasteiger partial charge in [-0.3, -0.25) is 24.7 Å². The van der Waals surface area contributed by atoms with Crippen LogP contribution in [0.25, 0.3) is 0 Å². The van der Waals surface area contributed by atoms with E-state index in [0.717, 1.165) is 16.4 Å². The van der Waals surface area contributed by atoms with Crippen molar-refractivity contribution in [3.8, 4) is 0 Å². The molecule has 0 unspecified atom stereocenters. The van der Waals surface area contributed by atoms with Gasteiger partial charge in [-0.15, -0.1) is 11.8 Å². The lowest BCUT2D eigenvalue weighted by molar-refractivity contribution is -0.876. The average Bonchev–Trinajstić information content (AvgIpc) is 3.25. The molecule has 15 nitrogen and oxygen atoms in total. The van der Waals surface area contributed by atoms with Gasteiger partial charge in [0.2, 0.25) is 11.5 Å². The summed E-state index contributed by atoms with van der Waals surface area (Å²) in [6.07, 6.45) is 3.31. The number of anilines is 1. The molecule has 3 amide bonds. The fraction of sp³-hybridized carbons (Fsp3) is 0.421. The molecule has 0 spiro atoms. The van der Waals surface area contributed by atoms with Gasteiger partial charge in [0.05, 0.1) is 32.3 Å². The van der Waals surface area contributed by atoms with Crippen molar-refractivity contribution in [3.05, 3.63) is 29.2 Å². The summed E-state index contributed by atoms with van der Waals surface area (Å²) in [5.41, 5.74) is 7.46. The predicted molar refractivity (Wildman–Crippen MR) is 128 cm³/mol. The zero-order valence-corrected chi connectivity index (χ0v) is 21.2. The van der Waals surface area contributed by atoms with Crippen molar-refractivity contribution in [1.82, 2.24) is 25.0 Å². The van der Waals surface area contributed by atoms with Crippen molar-refractivity contribution in [3.63, 3.8) is 0 Å². The van der Waals surface area contributed by atoms with Crippen LogP contribution in [0.3, 0.4) is 0 Å². The number of hydrogen-bond donors (Lipinski definition) is 4. The molecular formula is C19H25N9O6S2. The molecule has 6 N–H and O–H groups in total. The van der Waals surface area contributed by atoms with Crippen LogP contribution in [0.5, 0.6) is 0 Å². The second-order valence-electron chi connectivity index (χ2n) is 8.35. The summed E-state index contributed by atoms with van der Waals surface area (Å²) in [5, 5.41) is 17.5. The van der Waals surface area contributed by atoms with E-state index in [0.29, 0.717) is 12.1 Å². The number of likely N-dealkylation sites (N-methyl/N-ethyl adjacent to an activating group) is 1. The molecule has 3 rings (SSSR count). The monoisotopic (exact) mass is 539 g/mol. The third kappa shape index (κ3) is 5.81. The maximum Gasteiger partial charge on any atom is 0.289 e. The number of thioether (sulfide) groups is 1. The van der Waals surface area contributed by atoms with Crippen molar-refractivity contribution in [2.75, 3.05) is 45.8 Å². The number of aliphatic carboxylic acids is 1. The standard InChI is InChI=1S/C19H25N9O6S2/c1-28(2,7-10(29)24-21)6-4-5-9-8-35-17-12(16(31)27(17)13(9)18(32)33)22-15(30)11(25-34-3)14-23-19(20)36-26-14/h4-5,12,17H,6-8H2,1-3H3,(H6-,20,21,22,23,24,25,26,29,30,32,33)/b5-4+/t12-,17-/m1/s1. The highest BCUT2D eigenvalue weighted by molar-refractivity contribution is 8.00. The third-order valence-electron chi connectivity index (χ3n) is 5.18. The molecule has 36 heavy (non-hydrogen) atoms. The number of hydrazine groups is 1. The molecule has 0 radical (unpaired) electrons. The number of nitrogen functional groups attached to an aromatic ring is 1. The Bertz CT molecular complexity index is 1160. The number of carbonyl (C=O) groups excluding carboxylic acids is 4. The zero-order chi connectivity index (χ0) is 26.6. The SMILES string of the molecule is CO/N=C(\C(=O)N[C@@H]1C(=O)N2C(C(=O)[O-])=C(/C=C/C[N+](C)(C)CC(=O)NN)CS[C@H]12)c1nsc(N)n1. The van der Waals surface area contributed by atoms with Gasteiger partial charge in [0.25, 0.3) is 17.7 Å². The van der Waals surface area contributed by atoms with E-state index in [1.807, 2.05) is 14.1 Å². The van der Waals surface area contributed by atoms with Gasteiger partial charge in [0.1, 0.15) is 18.5 Å². The largest absolute Gasteiger partial charge is 0.543 e. The summed E-state index contributed by atoms with van der Waals surface area (Å²) in [4.78, 5) is 58.8. The fourth-order valence-corrected chi connectivity index (χ4v) is 5.31. The molecule has 1 aromatic rings. The molecule has 0 aromatic carbocycles. The molecule has 1 saturated heterocycles. The molecule has 0 aliphatic carbocycles. The van der Waals surface area contributed by atoms with E-state index in [1.165, 1.54) is 18.9 Å². The lowest BCUT2D eigenvalue weighted by Gasteiger charge is -2.50. The van der Waals surface area contributed by atoms with Crippen LogP contribution in [0.4, 0.5) is 5.13 Å². The van der Waals surface area contributed by atoms with Gasteiger partial charge in [-0.1, -0.05) is 11.2 Å². The van der Waals surface area contributed by atoms with E-state index in [4.69, 9.17) is 11.6 Å². The number of allylic oxidation sites excluding steroid dienone is 1. The number of quaternary nitrogens is 1. The maximum absolute atomic E-state index is 12.9. The smallest absolute Gasteiger partial charge is 0.289 e. The number of carbonyl (C=O) groups is 4. The topological polar surface area (TPSA) is 218 Å². The van der Waals surface area contributed by atoms with Crippen LogP contribution in [0.15, 0.2) is 28.6 Å². The van der Waals surface area contributed by atoms with E-state index in [-0.39, 0.29) is 45.1 Å². The highest BCUT2D eigenvalue weighted by atomic mass is 32.2. The molecule has 194 valence electrons. The zero-order valence-electron chi connectivity index (χ0n) is 19.6. The Morgan fingerprint density at radius 2 is 2.11 bits per heavy atom. The maximum atomic E-state index is 12.9. The van der Waals surface area contributed by atoms with Crippen molar-refractivity contribution in [1.29, 1.82) is 0 Å². The van der Waals surface area contributed by atoms with Gasteiger partial charge >= 0.3 is 0 Å². The van der Waals surface area contributed by atoms with Gasteiger partial charge < -0.3 is 30.3 Å². The lowest BCUT2D eigenvalue weighted by Crippen LogP contribution is -2.71. The van der Waals surface area contributed by atoms with Gasteiger partial charge in [-0.2, -0.15) is 9.36 Å². The second kappa shape index (κ2) is 11.0. The minimum atomic E-state index is -1.52. The Balaban J connectivity index is 1.74. The van der Waals surface area contributed by atoms with Crippen LogP contribution < -0.4 is 27.4 Å². The fourth-order valence-electron chi connectivity index (χ4n) is 3.56. The number of nitrogens with one attached hydrogen (secondary N) is 2. The van der Waals surface area contributed by atoms with Crippen molar-refractivity contribution in [2.24, 2.45) is 11.0 Å². The summed E-state index contributed by atoms with van der Waals surface area (Å²) in [6, 6.07) is -1.01. The molecule has 1 fully saturated rings. The molecule has 2 aliphatic heterocycles. The summed E-state index contributed by atoms with van der Waals surface area (Å²) < 4.78 is 4.19. The highest BCUT2D eigenvalue weighted by Gasteiger charge is 2.53. The first-order valence-electron chi connectivity index (χ1n) is 10.4. The van der Waals surface area contributed by atoms with Gasteiger partial charge in [0.15, 0.2) is 11.7 Å². The first kappa shape index (κ1) is 27.1. The molecule has 2 atom stereocenters. The highest BCUT2D eigenvalue weighted by Crippen LogP contribution is 2.40. The van der Waals surface area contributed by atoms with E-state index in [2.05, 4.69) is 30.1 Å². The summed E-state index contributed by atoms with van der Waals surface area (Å²) in [5.74, 6) is 2.06. The summed E-state index contributed by atoms with van der Waals surface area (Å²) >= 11 is 2.14.